The van der Waals surface area contributed by atoms with Crippen molar-refractivity contribution in [3.63, 3.8) is 0 Å². The van der Waals surface area contributed by atoms with E-state index in [2.05, 4.69) is 18.0 Å². The predicted octanol–water partition coefficient (Wildman–Crippen LogP) is 5.23. The van der Waals surface area contributed by atoms with Crippen LogP contribution in [0.25, 0.3) is 0 Å². The minimum atomic E-state index is 0.0892. The monoisotopic (exact) mass is 319 g/mol. The number of nitrogens with zero attached hydrogens (tertiary/aromatic N) is 1. The summed E-state index contributed by atoms with van der Waals surface area (Å²) in [6.07, 6.45) is 2.22. The van der Waals surface area contributed by atoms with E-state index in [0.717, 1.165) is 16.1 Å². The minimum absolute atomic E-state index is 0.0892. The smallest absolute Gasteiger partial charge is 0.169 e. The van der Waals surface area contributed by atoms with Crippen LogP contribution in [0.2, 0.25) is 0 Å². The van der Waals surface area contributed by atoms with Crippen LogP contribution in [-0.4, -0.2) is 12.0 Å². The van der Waals surface area contributed by atoms with E-state index in [1.165, 1.54) is 4.88 Å². The van der Waals surface area contributed by atoms with Gasteiger partial charge in [0.2, 0.25) is 0 Å². The second kappa shape index (κ2) is 7.16. The van der Waals surface area contributed by atoms with Gasteiger partial charge < -0.3 is 0 Å². The van der Waals surface area contributed by atoms with Crippen molar-refractivity contribution < 1.29 is 4.79 Å². The van der Waals surface area contributed by atoms with Crippen molar-refractivity contribution in [3.05, 3.63) is 87.6 Å². The zero-order chi connectivity index (χ0) is 16.1. The molecule has 0 unspecified atom stereocenters. The van der Waals surface area contributed by atoms with Gasteiger partial charge in [-0.3, -0.25) is 9.79 Å². The Balaban J connectivity index is 1.82. The van der Waals surface area contributed by atoms with E-state index < -0.39 is 0 Å². The van der Waals surface area contributed by atoms with Crippen molar-refractivity contribution in [3.8, 4) is 0 Å². The van der Waals surface area contributed by atoms with Gasteiger partial charge in [0.05, 0.1) is 5.69 Å². The van der Waals surface area contributed by atoms with Crippen LogP contribution >= 0.6 is 11.3 Å². The molecule has 3 aromatic rings. The van der Waals surface area contributed by atoms with Crippen LogP contribution in [0.4, 0.5) is 5.69 Å². The molecule has 1 heterocycles. The Morgan fingerprint density at radius 2 is 1.74 bits per heavy atom. The Morgan fingerprint density at radius 3 is 2.48 bits per heavy atom. The lowest BCUT2D eigenvalue weighted by atomic mass is 10.0. The SMILES string of the molecule is Cc1ccc(/C=N/c2ccccc2C(=O)Cc2ccccc2)s1. The summed E-state index contributed by atoms with van der Waals surface area (Å²) in [5, 5.41) is 0. The molecule has 0 aliphatic carbocycles. The largest absolute Gasteiger partial charge is 0.294 e. The zero-order valence-electron chi connectivity index (χ0n) is 12.9. The van der Waals surface area contributed by atoms with E-state index in [4.69, 9.17) is 0 Å². The molecule has 0 bridgehead atoms. The molecule has 0 spiro atoms. The number of Topliss-reactive ketones (excluding diaryl/α,β-unsaturated/α-hetero) is 1. The Labute approximate surface area is 140 Å². The third-order valence-electron chi connectivity index (χ3n) is 3.50. The lowest BCUT2D eigenvalue weighted by molar-refractivity contribution is 0.0993. The number of rotatable bonds is 5. The lowest BCUT2D eigenvalue weighted by Gasteiger charge is -2.05. The van der Waals surface area contributed by atoms with Crippen LogP contribution in [0.1, 0.15) is 25.7 Å². The summed E-state index contributed by atoms with van der Waals surface area (Å²) in [6, 6.07) is 21.4. The number of aryl methyl sites for hydroxylation is 1. The molecule has 2 nitrogen and oxygen atoms in total. The molecule has 114 valence electrons. The molecule has 2 aromatic carbocycles. The van der Waals surface area contributed by atoms with E-state index in [9.17, 15) is 4.79 Å². The van der Waals surface area contributed by atoms with Crippen molar-refractivity contribution >= 4 is 29.0 Å². The molecule has 0 aliphatic rings. The van der Waals surface area contributed by atoms with Crippen molar-refractivity contribution in [2.45, 2.75) is 13.3 Å². The van der Waals surface area contributed by atoms with Crippen LogP contribution in [0.3, 0.4) is 0 Å². The first-order valence-electron chi connectivity index (χ1n) is 7.49. The third-order valence-corrected chi connectivity index (χ3v) is 4.44. The number of hydrogen-bond donors (Lipinski definition) is 0. The lowest BCUT2D eigenvalue weighted by Crippen LogP contribution is -2.03. The number of carbonyl (C=O) groups excluding carboxylic acids is 1. The van der Waals surface area contributed by atoms with E-state index >= 15 is 0 Å². The van der Waals surface area contributed by atoms with E-state index in [0.29, 0.717) is 12.0 Å². The summed E-state index contributed by atoms with van der Waals surface area (Å²) in [6.45, 7) is 2.07. The maximum Gasteiger partial charge on any atom is 0.169 e. The van der Waals surface area contributed by atoms with Gasteiger partial charge in [0.1, 0.15) is 0 Å². The Kier molecular flexibility index (Phi) is 4.79. The Morgan fingerprint density at radius 1 is 1.00 bits per heavy atom. The van der Waals surface area contributed by atoms with Gasteiger partial charge >= 0.3 is 0 Å². The molecule has 0 saturated heterocycles. The van der Waals surface area contributed by atoms with Gasteiger partial charge in [0.25, 0.3) is 0 Å². The normalized spacial score (nSPS) is 11.0. The Hall–Kier alpha value is -2.52. The van der Waals surface area contributed by atoms with Gasteiger partial charge in [-0.1, -0.05) is 42.5 Å². The standard InChI is InChI=1S/C20H17NOS/c1-15-11-12-17(23-15)14-21-19-10-6-5-9-18(19)20(22)13-16-7-3-2-4-8-16/h2-12,14H,13H2,1H3/b21-14+. The molecule has 3 heteroatoms. The summed E-state index contributed by atoms with van der Waals surface area (Å²) < 4.78 is 0. The highest BCUT2D eigenvalue weighted by atomic mass is 32.1. The van der Waals surface area contributed by atoms with Crippen LogP contribution in [0, 0.1) is 6.92 Å². The number of hydrogen-bond acceptors (Lipinski definition) is 3. The fourth-order valence-corrected chi connectivity index (χ4v) is 3.10. The molecule has 0 N–H and O–H groups in total. The van der Waals surface area contributed by atoms with Crippen molar-refractivity contribution in [2.24, 2.45) is 4.99 Å². The fourth-order valence-electron chi connectivity index (χ4n) is 2.35. The number of benzene rings is 2. The topological polar surface area (TPSA) is 29.4 Å². The summed E-state index contributed by atoms with van der Waals surface area (Å²) in [5.41, 5.74) is 2.41. The second-order valence-corrected chi connectivity index (χ2v) is 6.63. The highest BCUT2D eigenvalue weighted by molar-refractivity contribution is 7.13. The molecular formula is C20H17NOS. The molecule has 0 aliphatic heterocycles. The van der Waals surface area contributed by atoms with Gasteiger partial charge in [0.15, 0.2) is 5.78 Å². The predicted molar refractivity (Wildman–Crippen MR) is 97.2 cm³/mol. The third kappa shape index (κ3) is 4.02. The summed E-state index contributed by atoms with van der Waals surface area (Å²) >= 11 is 1.69. The van der Waals surface area contributed by atoms with Crippen LogP contribution in [0.15, 0.2) is 71.7 Å². The first-order chi connectivity index (χ1) is 11.2. The summed E-state index contributed by atoms with van der Waals surface area (Å²) in [4.78, 5) is 19.4. The van der Waals surface area contributed by atoms with Gasteiger partial charge in [-0.2, -0.15) is 0 Å². The number of aliphatic imine (C=N–C) groups is 1. The van der Waals surface area contributed by atoms with Crippen molar-refractivity contribution in [1.29, 1.82) is 0 Å². The average Bonchev–Trinajstić information content (AvgIpc) is 2.99. The van der Waals surface area contributed by atoms with Crippen LogP contribution in [-0.2, 0) is 6.42 Å². The highest BCUT2D eigenvalue weighted by Gasteiger charge is 2.11. The fraction of sp³-hybridized carbons (Fsp3) is 0.100. The second-order valence-electron chi connectivity index (χ2n) is 5.31. The van der Waals surface area contributed by atoms with Crippen molar-refractivity contribution in [2.75, 3.05) is 0 Å². The van der Waals surface area contributed by atoms with Gasteiger partial charge in [-0.15, -0.1) is 11.3 Å². The van der Waals surface area contributed by atoms with Gasteiger partial charge in [0, 0.05) is 28.0 Å². The maximum absolute atomic E-state index is 12.6. The Bertz CT molecular complexity index is 834. The number of thiophene rings is 1. The van der Waals surface area contributed by atoms with Gasteiger partial charge in [-0.05, 0) is 36.8 Å². The molecule has 1 aromatic heterocycles. The number of para-hydroxylation sites is 1. The molecule has 23 heavy (non-hydrogen) atoms. The summed E-state index contributed by atoms with van der Waals surface area (Å²) in [5.74, 6) is 0.0892. The maximum atomic E-state index is 12.6. The average molecular weight is 319 g/mol. The number of carbonyl (C=O) groups is 1. The minimum Gasteiger partial charge on any atom is -0.294 e. The molecule has 0 fully saturated rings. The summed E-state index contributed by atoms with van der Waals surface area (Å²) in [7, 11) is 0. The van der Waals surface area contributed by atoms with Gasteiger partial charge in [-0.25, -0.2) is 0 Å². The van der Waals surface area contributed by atoms with Crippen molar-refractivity contribution in [1.82, 2.24) is 0 Å². The van der Waals surface area contributed by atoms with E-state index in [-0.39, 0.29) is 5.78 Å². The molecular weight excluding hydrogens is 302 g/mol. The molecule has 0 saturated carbocycles. The molecule has 0 radical (unpaired) electrons. The zero-order valence-corrected chi connectivity index (χ0v) is 13.7. The first-order valence-corrected chi connectivity index (χ1v) is 8.31. The first kappa shape index (κ1) is 15.4. The van der Waals surface area contributed by atoms with E-state index in [1.54, 1.807) is 11.3 Å². The molecule has 3 rings (SSSR count). The van der Waals surface area contributed by atoms with Crippen LogP contribution in [0.5, 0.6) is 0 Å². The van der Waals surface area contributed by atoms with Crippen LogP contribution < -0.4 is 0 Å². The number of ketones is 1. The highest BCUT2D eigenvalue weighted by Crippen LogP contribution is 2.22. The molecule has 0 atom stereocenters. The quantitative estimate of drug-likeness (QED) is 0.467. The molecule has 0 amide bonds. The van der Waals surface area contributed by atoms with E-state index in [1.807, 2.05) is 66.9 Å².